The monoisotopic (exact) mass is 482 g/mol. The number of carbonyl (C=O) groups is 3. The molecule has 1 N–H and O–H groups in total. The van der Waals surface area contributed by atoms with Crippen LogP contribution in [-0.2, 0) is 16.1 Å². The summed E-state index contributed by atoms with van der Waals surface area (Å²) in [5, 5.41) is 2.84. The summed E-state index contributed by atoms with van der Waals surface area (Å²) in [6, 6.07) is 25.5. The maximum absolute atomic E-state index is 13.3. The van der Waals surface area contributed by atoms with Crippen LogP contribution in [0.15, 0.2) is 83.8 Å². The summed E-state index contributed by atoms with van der Waals surface area (Å²) >= 11 is 0.884. The molecule has 1 aliphatic heterocycles. The molecule has 2 heterocycles. The van der Waals surface area contributed by atoms with E-state index in [0.29, 0.717) is 17.1 Å². The Bertz CT molecular complexity index is 1470. The molecule has 0 atom stereocenters. The fourth-order valence-corrected chi connectivity index (χ4v) is 4.94. The zero-order valence-electron chi connectivity index (χ0n) is 19.0. The van der Waals surface area contributed by atoms with Crippen molar-refractivity contribution in [2.75, 3.05) is 6.61 Å². The molecule has 0 saturated carbocycles. The third kappa shape index (κ3) is 4.50. The number of amides is 2. The second kappa shape index (κ2) is 9.64. The molecular formula is C28H22N2O4S. The molecule has 1 aromatic heterocycles. The minimum atomic E-state index is -0.391. The van der Waals surface area contributed by atoms with Crippen LogP contribution >= 0.6 is 11.8 Å². The van der Waals surface area contributed by atoms with Gasteiger partial charge in [-0.2, -0.15) is 0 Å². The molecule has 6 nitrogen and oxygen atoms in total. The number of benzene rings is 3. The summed E-state index contributed by atoms with van der Waals surface area (Å²) in [6.45, 7) is 2.60. The molecule has 0 bridgehead atoms. The summed E-state index contributed by atoms with van der Waals surface area (Å²) in [7, 11) is 0. The Labute approximate surface area is 206 Å². The SMILES string of the molecule is CCOC(=O)c1c(-c2ccc(C=C3SC(=O)NC3=O)cc2)c2ccccc2n1Cc1ccccc1. The van der Waals surface area contributed by atoms with Crippen LogP contribution in [0.1, 0.15) is 28.5 Å². The number of nitrogens with zero attached hydrogens (tertiary/aromatic N) is 1. The summed E-state index contributed by atoms with van der Waals surface area (Å²) < 4.78 is 7.50. The maximum atomic E-state index is 13.3. The van der Waals surface area contributed by atoms with E-state index in [9.17, 15) is 14.4 Å². The van der Waals surface area contributed by atoms with Gasteiger partial charge in [0.1, 0.15) is 5.69 Å². The molecule has 0 radical (unpaired) electrons. The van der Waals surface area contributed by atoms with Gasteiger partial charge >= 0.3 is 5.97 Å². The fourth-order valence-electron chi connectivity index (χ4n) is 4.26. The van der Waals surface area contributed by atoms with E-state index in [0.717, 1.165) is 44.9 Å². The first kappa shape index (κ1) is 22.7. The molecule has 174 valence electrons. The Kier molecular flexibility index (Phi) is 6.25. The molecule has 5 rings (SSSR count). The van der Waals surface area contributed by atoms with E-state index in [4.69, 9.17) is 4.74 Å². The lowest BCUT2D eigenvalue weighted by Gasteiger charge is -2.12. The molecule has 7 heteroatoms. The van der Waals surface area contributed by atoms with Crippen molar-refractivity contribution in [3.05, 3.63) is 101 Å². The first-order valence-corrected chi connectivity index (χ1v) is 12.0. The number of hydrogen-bond acceptors (Lipinski definition) is 5. The number of carbonyl (C=O) groups excluding carboxylic acids is 3. The lowest BCUT2D eigenvalue weighted by molar-refractivity contribution is -0.115. The van der Waals surface area contributed by atoms with Crippen molar-refractivity contribution in [3.8, 4) is 11.1 Å². The molecule has 2 amide bonds. The van der Waals surface area contributed by atoms with Crippen molar-refractivity contribution in [2.24, 2.45) is 0 Å². The summed E-state index contributed by atoms with van der Waals surface area (Å²) in [5.74, 6) is -0.768. The van der Waals surface area contributed by atoms with Crippen LogP contribution in [0.3, 0.4) is 0 Å². The molecule has 0 aliphatic carbocycles. The number of nitrogens with one attached hydrogen (secondary N) is 1. The van der Waals surface area contributed by atoms with Crippen LogP contribution < -0.4 is 5.32 Å². The van der Waals surface area contributed by atoms with Gasteiger partial charge < -0.3 is 9.30 Å². The van der Waals surface area contributed by atoms with Gasteiger partial charge in [0.05, 0.1) is 11.5 Å². The number of ether oxygens (including phenoxy) is 1. The number of imide groups is 1. The van der Waals surface area contributed by atoms with Crippen molar-refractivity contribution < 1.29 is 19.1 Å². The van der Waals surface area contributed by atoms with Crippen LogP contribution in [0.5, 0.6) is 0 Å². The normalized spacial score (nSPS) is 14.5. The molecule has 1 saturated heterocycles. The van der Waals surface area contributed by atoms with Gasteiger partial charge in [-0.05, 0) is 47.5 Å². The van der Waals surface area contributed by atoms with E-state index in [1.54, 1.807) is 13.0 Å². The highest BCUT2D eigenvalue weighted by molar-refractivity contribution is 8.18. The van der Waals surface area contributed by atoms with Crippen LogP contribution in [0.25, 0.3) is 28.1 Å². The molecule has 0 unspecified atom stereocenters. The molecule has 0 spiro atoms. The predicted molar refractivity (Wildman–Crippen MR) is 138 cm³/mol. The third-order valence-electron chi connectivity index (χ3n) is 5.76. The molecule has 4 aromatic rings. The lowest BCUT2D eigenvalue weighted by Crippen LogP contribution is -2.17. The molecule has 3 aromatic carbocycles. The smallest absolute Gasteiger partial charge is 0.355 e. The van der Waals surface area contributed by atoms with Crippen molar-refractivity contribution in [3.63, 3.8) is 0 Å². The van der Waals surface area contributed by atoms with Gasteiger partial charge in [-0.3, -0.25) is 14.9 Å². The molecule has 1 fully saturated rings. The van der Waals surface area contributed by atoms with Crippen LogP contribution in [-0.4, -0.2) is 28.3 Å². The van der Waals surface area contributed by atoms with Gasteiger partial charge in [0.2, 0.25) is 0 Å². The Morgan fingerprint density at radius 1 is 0.971 bits per heavy atom. The largest absolute Gasteiger partial charge is 0.461 e. The van der Waals surface area contributed by atoms with E-state index in [1.807, 2.05) is 83.4 Å². The Morgan fingerprint density at radius 2 is 1.69 bits per heavy atom. The predicted octanol–water partition coefficient (Wildman–Crippen LogP) is 5.86. The highest BCUT2D eigenvalue weighted by Gasteiger charge is 2.26. The number of esters is 1. The van der Waals surface area contributed by atoms with E-state index in [-0.39, 0.29) is 17.8 Å². The minimum absolute atomic E-state index is 0.274. The van der Waals surface area contributed by atoms with E-state index in [1.165, 1.54) is 0 Å². The van der Waals surface area contributed by atoms with Gasteiger partial charge in [0, 0.05) is 23.0 Å². The van der Waals surface area contributed by atoms with Crippen LogP contribution in [0.4, 0.5) is 4.79 Å². The summed E-state index contributed by atoms with van der Waals surface area (Å²) in [4.78, 5) is 36.9. The first-order chi connectivity index (χ1) is 17.0. The fraction of sp³-hybridized carbons (Fsp3) is 0.107. The van der Waals surface area contributed by atoms with Crippen molar-refractivity contribution >= 4 is 45.9 Å². The van der Waals surface area contributed by atoms with Crippen LogP contribution in [0, 0.1) is 0 Å². The number of aromatic nitrogens is 1. The van der Waals surface area contributed by atoms with Gasteiger partial charge in [0.25, 0.3) is 11.1 Å². The van der Waals surface area contributed by atoms with E-state index in [2.05, 4.69) is 5.32 Å². The Morgan fingerprint density at radius 3 is 2.37 bits per heavy atom. The minimum Gasteiger partial charge on any atom is -0.461 e. The Hall–Kier alpha value is -4.10. The van der Waals surface area contributed by atoms with Gasteiger partial charge in [-0.15, -0.1) is 0 Å². The van der Waals surface area contributed by atoms with Crippen molar-refractivity contribution in [1.82, 2.24) is 9.88 Å². The highest BCUT2D eigenvalue weighted by Crippen LogP contribution is 2.36. The van der Waals surface area contributed by atoms with E-state index >= 15 is 0 Å². The van der Waals surface area contributed by atoms with E-state index < -0.39 is 5.91 Å². The lowest BCUT2D eigenvalue weighted by atomic mass is 10.00. The summed E-state index contributed by atoms with van der Waals surface area (Å²) in [6.07, 6.45) is 1.68. The zero-order chi connectivity index (χ0) is 24.4. The molecule has 35 heavy (non-hydrogen) atoms. The van der Waals surface area contributed by atoms with Gasteiger partial charge in [0.15, 0.2) is 0 Å². The first-order valence-electron chi connectivity index (χ1n) is 11.2. The molecular weight excluding hydrogens is 460 g/mol. The maximum Gasteiger partial charge on any atom is 0.355 e. The van der Waals surface area contributed by atoms with Gasteiger partial charge in [-0.1, -0.05) is 72.8 Å². The number of thioether (sulfide) groups is 1. The second-order valence-electron chi connectivity index (χ2n) is 8.01. The number of fused-ring (bicyclic) bond motifs is 1. The number of rotatable bonds is 6. The zero-order valence-corrected chi connectivity index (χ0v) is 19.8. The second-order valence-corrected chi connectivity index (χ2v) is 9.02. The number of hydrogen-bond donors (Lipinski definition) is 1. The topological polar surface area (TPSA) is 77.4 Å². The quantitative estimate of drug-likeness (QED) is 0.275. The van der Waals surface area contributed by atoms with Gasteiger partial charge in [-0.25, -0.2) is 4.79 Å². The third-order valence-corrected chi connectivity index (χ3v) is 6.57. The number of para-hydroxylation sites is 1. The van der Waals surface area contributed by atoms with Crippen LogP contribution in [0.2, 0.25) is 0 Å². The summed E-state index contributed by atoms with van der Waals surface area (Å²) in [5.41, 5.74) is 4.97. The standard InChI is InChI=1S/C28H22N2O4S/c1-2-34-27(32)25-24(20-14-12-18(13-15-20)16-23-26(31)29-28(33)35-23)21-10-6-7-11-22(21)30(25)17-19-8-4-3-5-9-19/h3-16H,2,17H2,1H3,(H,29,31,33). The van der Waals surface area contributed by atoms with Crippen molar-refractivity contribution in [2.45, 2.75) is 13.5 Å². The average Bonchev–Trinajstić information content (AvgIpc) is 3.36. The Balaban J connectivity index is 1.63. The van der Waals surface area contributed by atoms with Crippen molar-refractivity contribution in [1.29, 1.82) is 0 Å². The average molecular weight is 483 g/mol. The highest BCUT2D eigenvalue weighted by atomic mass is 32.2. The molecule has 1 aliphatic rings.